The molecule has 0 radical (unpaired) electrons. The van der Waals surface area contributed by atoms with Crippen molar-refractivity contribution >= 4 is 0 Å². The van der Waals surface area contributed by atoms with Crippen molar-refractivity contribution in [1.82, 2.24) is 5.32 Å². The highest BCUT2D eigenvalue weighted by Gasteiger charge is 2.16. The normalized spacial score (nSPS) is 20.6. The molecule has 1 aliphatic heterocycles. The predicted octanol–water partition coefficient (Wildman–Crippen LogP) is 3.61. The number of hydrogen-bond donors (Lipinski definition) is 1. The van der Waals surface area contributed by atoms with Crippen LogP contribution in [-0.4, -0.2) is 25.9 Å². The minimum Gasteiger partial charge on any atom is -0.491 e. The maximum absolute atomic E-state index is 6.03. The van der Waals surface area contributed by atoms with Crippen molar-refractivity contribution in [2.75, 3.05) is 19.8 Å². The van der Waals surface area contributed by atoms with Gasteiger partial charge in [-0.1, -0.05) is 24.6 Å². The molecule has 1 heterocycles. The lowest BCUT2D eigenvalue weighted by atomic mass is 10.0. The molecule has 1 aliphatic rings. The van der Waals surface area contributed by atoms with Crippen LogP contribution in [0.15, 0.2) is 18.2 Å². The number of aryl methyl sites for hydroxylation is 1. The Hall–Kier alpha value is -1.06. The second-order valence-corrected chi connectivity index (χ2v) is 5.62. The van der Waals surface area contributed by atoms with E-state index in [1.807, 2.05) is 0 Å². The molecule has 20 heavy (non-hydrogen) atoms. The molecule has 1 aromatic rings. The van der Waals surface area contributed by atoms with E-state index >= 15 is 0 Å². The van der Waals surface area contributed by atoms with Crippen molar-refractivity contribution in [3.05, 3.63) is 29.3 Å². The van der Waals surface area contributed by atoms with Gasteiger partial charge >= 0.3 is 0 Å². The van der Waals surface area contributed by atoms with Crippen molar-refractivity contribution in [2.45, 2.75) is 52.2 Å². The van der Waals surface area contributed by atoms with Crippen LogP contribution in [0.5, 0.6) is 5.75 Å². The monoisotopic (exact) mass is 277 g/mol. The van der Waals surface area contributed by atoms with Gasteiger partial charge in [0.1, 0.15) is 12.4 Å². The Kier molecular flexibility index (Phi) is 5.86. The molecule has 0 bridgehead atoms. The van der Waals surface area contributed by atoms with Gasteiger partial charge in [0, 0.05) is 18.2 Å². The molecule has 1 N–H and O–H groups in total. The zero-order valence-corrected chi connectivity index (χ0v) is 12.9. The van der Waals surface area contributed by atoms with Crippen LogP contribution < -0.4 is 10.1 Å². The molecule has 0 spiro atoms. The maximum atomic E-state index is 6.03. The van der Waals surface area contributed by atoms with Crippen LogP contribution in [0.25, 0.3) is 0 Å². The summed E-state index contributed by atoms with van der Waals surface area (Å²) in [6.45, 7) is 8.93. The highest BCUT2D eigenvalue weighted by Crippen LogP contribution is 2.27. The van der Waals surface area contributed by atoms with E-state index in [4.69, 9.17) is 9.47 Å². The van der Waals surface area contributed by atoms with E-state index in [9.17, 15) is 0 Å². The van der Waals surface area contributed by atoms with Crippen LogP contribution in [0.3, 0.4) is 0 Å². The summed E-state index contributed by atoms with van der Waals surface area (Å²) in [5.41, 5.74) is 2.51. The standard InChI is InChI=1S/C17H27NO2/c1-4-18-14(3)16-11-13(2)8-9-17(16)20-12-15-7-5-6-10-19-15/h8-9,11,14-15,18H,4-7,10,12H2,1-3H3. The molecule has 3 heteroatoms. The Morgan fingerprint density at radius 3 is 2.95 bits per heavy atom. The molecule has 112 valence electrons. The fourth-order valence-electron chi connectivity index (χ4n) is 2.68. The first-order valence-electron chi connectivity index (χ1n) is 7.79. The molecule has 0 amide bonds. The van der Waals surface area contributed by atoms with Gasteiger partial charge in [-0.15, -0.1) is 0 Å². The van der Waals surface area contributed by atoms with Crippen molar-refractivity contribution in [2.24, 2.45) is 0 Å². The SMILES string of the molecule is CCNC(C)c1cc(C)ccc1OCC1CCCCO1. The lowest BCUT2D eigenvalue weighted by Gasteiger charge is -2.24. The molecule has 1 fully saturated rings. The zero-order chi connectivity index (χ0) is 14.4. The zero-order valence-electron chi connectivity index (χ0n) is 12.9. The van der Waals surface area contributed by atoms with Gasteiger partial charge in [0.15, 0.2) is 0 Å². The van der Waals surface area contributed by atoms with Gasteiger partial charge in [-0.05, 0) is 45.7 Å². The lowest BCUT2D eigenvalue weighted by Crippen LogP contribution is -2.26. The lowest BCUT2D eigenvalue weighted by molar-refractivity contribution is -0.0113. The van der Waals surface area contributed by atoms with Gasteiger partial charge < -0.3 is 14.8 Å². The van der Waals surface area contributed by atoms with Crippen molar-refractivity contribution in [1.29, 1.82) is 0 Å². The molecular formula is C17H27NO2. The molecule has 1 aromatic carbocycles. The fraction of sp³-hybridized carbons (Fsp3) is 0.647. The Morgan fingerprint density at radius 1 is 1.40 bits per heavy atom. The van der Waals surface area contributed by atoms with Crippen LogP contribution in [0.4, 0.5) is 0 Å². The molecule has 1 saturated heterocycles. The maximum Gasteiger partial charge on any atom is 0.124 e. The second-order valence-electron chi connectivity index (χ2n) is 5.62. The first-order chi connectivity index (χ1) is 9.70. The number of ether oxygens (including phenoxy) is 2. The Bertz CT molecular complexity index is 413. The summed E-state index contributed by atoms with van der Waals surface area (Å²) in [5.74, 6) is 0.984. The smallest absolute Gasteiger partial charge is 0.124 e. The van der Waals surface area contributed by atoms with Gasteiger partial charge in [-0.2, -0.15) is 0 Å². The summed E-state index contributed by atoms with van der Waals surface area (Å²) < 4.78 is 11.8. The van der Waals surface area contributed by atoms with Crippen LogP contribution in [0.1, 0.15) is 50.3 Å². The minimum atomic E-state index is 0.257. The average Bonchev–Trinajstić information content (AvgIpc) is 2.47. The topological polar surface area (TPSA) is 30.5 Å². The fourth-order valence-corrected chi connectivity index (χ4v) is 2.68. The number of hydrogen-bond acceptors (Lipinski definition) is 3. The van der Waals surface area contributed by atoms with E-state index in [0.717, 1.165) is 25.3 Å². The van der Waals surface area contributed by atoms with E-state index in [2.05, 4.69) is 44.3 Å². The molecule has 2 atom stereocenters. The Balaban J connectivity index is 2.01. The minimum absolute atomic E-state index is 0.257. The van der Waals surface area contributed by atoms with Crippen molar-refractivity contribution in [3.8, 4) is 5.75 Å². The summed E-state index contributed by atoms with van der Waals surface area (Å²) in [7, 11) is 0. The van der Waals surface area contributed by atoms with Crippen LogP contribution in [0.2, 0.25) is 0 Å². The van der Waals surface area contributed by atoms with E-state index in [0.29, 0.717) is 12.6 Å². The quantitative estimate of drug-likeness (QED) is 0.861. The summed E-state index contributed by atoms with van der Waals surface area (Å²) in [5, 5.41) is 3.46. The summed E-state index contributed by atoms with van der Waals surface area (Å²) in [6, 6.07) is 6.72. The average molecular weight is 277 g/mol. The van der Waals surface area contributed by atoms with E-state index in [1.54, 1.807) is 0 Å². The van der Waals surface area contributed by atoms with Gasteiger partial charge in [0.05, 0.1) is 6.10 Å². The molecule has 0 saturated carbocycles. The summed E-state index contributed by atoms with van der Waals surface area (Å²) >= 11 is 0. The third kappa shape index (κ3) is 4.22. The molecular weight excluding hydrogens is 250 g/mol. The first-order valence-corrected chi connectivity index (χ1v) is 7.79. The van der Waals surface area contributed by atoms with Crippen LogP contribution >= 0.6 is 0 Å². The van der Waals surface area contributed by atoms with E-state index in [1.165, 1.54) is 24.0 Å². The van der Waals surface area contributed by atoms with E-state index < -0.39 is 0 Å². The molecule has 0 aromatic heterocycles. The third-order valence-corrected chi connectivity index (χ3v) is 3.84. The Morgan fingerprint density at radius 2 is 2.25 bits per heavy atom. The number of benzene rings is 1. The molecule has 0 aliphatic carbocycles. The highest BCUT2D eigenvalue weighted by molar-refractivity contribution is 5.39. The number of nitrogens with one attached hydrogen (secondary N) is 1. The second kappa shape index (κ2) is 7.65. The number of rotatable bonds is 6. The molecule has 2 rings (SSSR count). The van der Waals surface area contributed by atoms with Crippen molar-refractivity contribution < 1.29 is 9.47 Å². The van der Waals surface area contributed by atoms with Crippen molar-refractivity contribution in [3.63, 3.8) is 0 Å². The Labute approximate surface area is 122 Å². The third-order valence-electron chi connectivity index (χ3n) is 3.84. The largest absolute Gasteiger partial charge is 0.491 e. The predicted molar refractivity (Wildman–Crippen MR) is 82.4 cm³/mol. The van der Waals surface area contributed by atoms with Crippen LogP contribution in [0, 0.1) is 6.92 Å². The highest BCUT2D eigenvalue weighted by atomic mass is 16.5. The van der Waals surface area contributed by atoms with Gasteiger partial charge in [0.25, 0.3) is 0 Å². The summed E-state index contributed by atoms with van der Waals surface area (Å²) in [6.07, 6.45) is 3.81. The van der Waals surface area contributed by atoms with Crippen LogP contribution in [-0.2, 0) is 4.74 Å². The van der Waals surface area contributed by atoms with Gasteiger partial charge in [-0.3, -0.25) is 0 Å². The van der Waals surface area contributed by atoms with Gasteiger partial charge in [0.2, 0.25) is 0 Å². The summed E-state index contributed by atoms with van der Waals surface area (Å²) in [4.78, 5) is 0. The molecule has 2 unspecified atom stereocenters. The van der Waals surface area contributed by atoms with E-state index in [-0.39, 0.29) is 6.10 Å². The molecule has 3 nitrogen and oxygen atoms in total. The van der Waals surface area contributed by atoms with Gasteiger partial charge in [-0.25, -0.2) is 0 Å². The first kappa shape index (κ1) is 15.3.